The third-order valence-electron chi connectivity index (χ3n) is 2.09. The van der Waals surface area contributed by atoms with Gasteiger partial charge in [0, 0.05) is 37.6 Å². The van der Waals surface area contributed by atoms with E-state index < -0.39 is 0 Å². The second-order valence-electron chi connectivity index (χ2n) is 3.24. The van der Waals surface area contributed by atoms with Crippen molar-refractivity contribution in [2.24, 2.45) is 5.73 Å². The molecule has 0 bridgehead atoms. The maximum atomic E-state index is 11.5. The Kier molecular flexibility index (Phi) is 4.05. The minimum atomic E-state index is -0.336. The summed E-state index contributed by atoms with van der Waals surface area (Å²) < 4.78 is 1.67. The molecule has 1 aromatic rings. The van der Waals surface area contributed by atoms with Gasteiger partial charge in [-0.25, -0.2) is 0 Å². The fraction of sp³-hybridized carbons (Fsp3) is 0.400. The number of rotatable bonds is 4. The van der Waals surface area contributed by atoms with Crippen LogP contribution in [0, 0.1) is 0 Å². The predicted octanol–water partition coefficient (Wildman–Crippen LogP) is -0.516. The Balaban J connectivity index is 2.67. The Morgan fingerprint density at radius 1 is 1.53 bits per heavy atom. The van der Waals surface area contributed by atoms with E-state index in [0.29, 0.717) is 13.1 Å². The van der Waals surface area contributed by atoms with Crippen LogP contribution >= 0.6 is 0 Å². The van der Waals surface area contributed by atoms with Gasteiger partial charge in [-0.3, -0.25) is 9.59 Å². The smallest absolute Gasteiger partial charge is 0.242 e. The summed E-state index contributed by atoms with van der Waals surface area (Å²) in [7, 11) is 0. The Bertz CT molecular complexity index is 366. The highest BCUT2D eigenvalue weighted by molar-refractivity contribution is 5.79. The van der Waals surface area contributed by atoms with Crippen molar-refractivity contribution >= 4 is 5.91 Å². The van der Waals surface area contributed by atoms with Crippen LogP contribution in [0.5, 0.6) is 0 Å². The van der Waals surface area contributed by atoms with Gasteiger partial charge in [0.2, 0.25) is 5.91 Å². The molecule has 0 saturated carbocycles. The average molecular weight is 209 g/mol. The van der Waals surface area contributed by atoms with Crippen molar-refractivity contribution in [3.8, 4) is 0 Å². The number of nitrogens with one attached hydrogen (secondary N) is 1. The second kappa shape index (κ2) is 5.31. The third kappa shape index (κ3) is 3.21. The van der Waals surface area contributed by atoms with E-state index >= 15 is 0 Å². The van der Waals surface area contributed by atoms with Gasteiger partial charge in [0.05, 0.1) is 0 Å². The molecule has 1 aromatic heterocycles. The van der Waals surface area contributed by atoms with Gasteiger partial charge in [0.1, 0.15) is 6.04 Å². The van der Waals surface area contributed by atoms with Crippen LogP contribution in [0.25, 0.3) is 0 Å². The first-order valence-electron chi connectivity index (χ1n) is 4.80. The van der Waals surface area contributed by atoms with Crippen molar-refractivity contribution in [1.82, 2.24) is 9.88 Å². The molecule has 0 aliphatic heterocycles. The van der Waals surface area contributed by atoms with Gasteiger partial charge in [0.25, 0.3) is 0 Å². The molecule has 1 rings (SSSR count). The quantitative estimate of drug-likeness (QED) is 0.700. The van der Waals surface area contributed by atoms with Crippen molar-refractivity contribution < 1.29 is 4.79 Å². The number of hydrogen-bond donors (Lipinski definition) is 2. The first-order valence-corrected chi connectivity index (χ1v) is 4.80. The lowest BCUT2D eigenvalue weighted by atomic mass is 10.3. The van der Waals surface area contributed by atoms with Crippen LogP contribution in [0.4, 0.5) is 0 Å². The summed E-state index contributed by atoms with van der Waals surface area (Å²) in [6, 6.07) is 2.51. The van der Waals surface area contributed by atoms with Crippen molar-refractivity contribution in [2.75, 3.05) is 13.1 Å². The monoisotopic (exact) mass is 209 g/mol. The van der Waals surface area contributed by atoms with Gasteiger partial charge >= 0.3 is 0 Å². The summed E-state index contributed by atoms with van der Waals surface area (Å²) in [6.45, 7) is 2.64. The highest BCUT2D eigenvalue weighted by atomic mass is 16.2. The highest BCUT2D eigenvalue weighted by Gasteiger charge is 2.11. The van der Waals surface area contributed by atoms with Gasteiger partial charge in [-0.1, -0.05) is 0 Å². The average Bonchev–Trinajstić information content (AvgIpc) is 2.26. The molecule has 1 amide bonds. The Morgan fingerprint density at radius 2 is 2.13 bits per heavy atom. The first kappa shape index (κ1) is 11.5. The molecule has 0 saturated heterocycles. The molecule has 0 aliphatic carbocycles. The number of hydrogen-bond acceptors (Lipinski definition) is 3. The molecule has 5 heteroatoms. The molecule has 3 N–H and O–H groups in total. The standard InChI is InChI=1S/C10H15N3O2/c1-8(10(15)12-5-4-11)13-6-2-9(14)3-7-13/h2-3,6-8H,4-5,11H2,1H3,(H,12,15). The van der Waals surface area contributed by atoms with Gasteiger partial charge in [-0.05, 0) is 6.92 Å². The van der Waals surface area contributed by atoms with Gasteiger partial charge in [-0.15, -0.1) is 0 Å². The molecule has 0 aliphatic rings. The van der Waals surface area contributed by atoms with Crippen molar-refractivity contribution in [3.05, 3.63) is 34.7 Å². The molecule has 1 heterocycles. The minimum Gasteiger partial charge on any atom is -0.353 e. The molecule has 15 heavy (non-hydrogen) atoms. The van der Waals surface area contributed by atoms with Crippen LogP contribution in [0.15, 0.2) is 29.3 Å². The molecule has 82 valence electrons. The molecular weight excluding hydrogens is 194 g/mol. The normalized spacial score (nSPS) is 12.1. The largest absolute Gasteiger partial charge is 0.353 e. The zero-order valence-electron chi connectivity index (χ0n) is 8.64. The SMILES string of the molecule is CC(C(=O)NCCN)n1ccc(=O)cc1. The number of nitrogens with two attached hydrogens (primary N) is 1. The minimum absolute atomic E-state index is 0.0687. The summed E-state index contributed by atoms with van der Waals surface area (Å²) in [5.41, 5.74) is 5.20. The van der Waals surface area contributed by atoms with Crippen LogP contribution in [-0.2, 0) is 4.79 Å². The molecule has 5 nitrogen and oxygen atoms in total. The molecule has 0 fully saturated rings. The number of pyridine rings is 1. The van der Waals surface area contributed by atoms with E-state index in [2.05, 4.69) is 5.32 Å². The zero-order chi connectivity index (χ0) is 11.3. The summed E-state index contributed by atoms with van der Waals surface area (Å²) in [5, 5.41) is 2.68. The molecule has 0 aromatic carbocycles. The van der Waals surface area contributed by atoms with Crippen LogP contribution in [0.3, 0.4) is 0 Å². The summed E-state index contributed by atoms with van der Waals surface area (Å²) in [5.74, 6) is -0.107. The Morgan fingerprint density at radius 3 is 2.67 bits per heavy atom. The molecule has 1 atom stereocenters. The molecule has 1 unspecified atom stereocenters. The number of carbonyl (C=O) groups excluding carboxylic acids is 1. The van der Waals surface area contributed by atoms with E-state index in [0.717, 1.165) is 0 Å². The number of nitrogens with zero attached hydrogens (tertiary/aromatic N) is 1. The van der Waals surface area contributed by atoms with E-state index in [1.54, 1.807) is 23.9 Å². The van der Waals surface area contributed by atoms with E-state index in [9.17, 15) is 9.59 Å². The number of aromatic nitrogens is 1. The molecule has 0 spiro atoms. The molecule has 0 radical (unpaired) electrons. The van der Waals surface area contributed by atoms with Crippen LogP contribution in [-0.4, -0.2) is 23.6 Å². The van der Waals surface area contributed by atoms with E-state index in [1.807, 2.05) is 0 Å². The van der Waals surface area contributed by atoms with Crippen LogP contribution in [0.2, 0.25) is 0 Å². The summed E-state index contributed by atoms with van der Waals surface area (Å²) in [4.78, 5) is 22.4. The Labute approximate surface area is 87.9 Å². The Hall–Kier alpha value is -1.62. The lowest BCUT2D eigenvalue weighted by Crippen LogP contribution is -2.34. The highest BCUT2D eigenvalue weighted by Crippen LogP contribution is 2.02. The van der Waals surface area contributed by atoms with E-state index in [4.69, 9.17) is 5.73 Å². The maximum absolute atomic E-state index is 11.5. The van der Waals surface area contributed by atoms with Gasteiger partial charge in [-0.2, -0.15) is 0 Å². The molecular formula is C10H15N3O2. The second-order valence-corrected chi connectivity index (χ2v) is 3.24. The predicted molar refractivity (Wildman–Crippen MR) is 57.5 cm³/mol. The van der Waals surface area contributed by atoms with E-state index in [-0.39, 0.29) is 17.4 Å². The summed E-state index contributed by atoms with van der Waals surface area (Å²) >= 11 is 0. The van der Waals surface area contributed by atoms with Crippen molar-refractivity contribution in [2.45, 2.75) is 13.0 Å². The zero-order valence-corrected chi connectivity index (χ0v) is 8.64. The number of amides is 1. The van der Waals surface area contributed by atoms with Crippen LogP contribution in [0.1, 0.15) is 13.0 Å². The lowest BCUT2D eigenvalue weighted by Gasteiger charge is -2.14. The third-order valence-corrected chi connectivity index (χ3v) is 2.09. The fourth-order valence-corrected chi connectivity index (χ4v) is 1.16. The summed E-state index contributed by atoms with van der Waals surface area (Å²) in [6.07, 6.45) is 3.18. The van der Waals surface area contributed by atoms with Gasteiger partial charge < -0.3 is 15.6 Å². The topological polar surface area (TPSA) is 77.1 Å². The fourth-order valence-electron chi connectivity index (χ4n) is 1.16. The van der Waals surface area contributed by atoms with Crippen molar-refractivity contribution in [3.63, 3.8) is 0 Å². The van der Waals surface area contributed by atoms with Gasteiger partial charge in [0.15, 0.2) is 5.43 Å². The van der Waals surface area contributed by atoms with E-state index in [1.165, 1.54) is 12.1 Å². The van der Waals surface area contributed by atoms with Crippen molar-refractivity contribution in [1.29, 1.82) is 0 Å². The van der Waals surface area contributed by atoms with Crippen LogP contribution < -0.4 is 16.5 Å². The number of carbonyl (C=O) groups is 1. The maximum Gasteiger partial charge on any atom is 0.242 e. The first-order chi connectivity index (χ1) is 7.15. The lowest BCUT2D eigenvalue weighted by molar-refractivity contribution is -0.123.